The molecule has 0 aromatic carbocycles. The number of halogens is 1. The maximum atomic E-state index is 10.2. The Kier molecular flexibility index (Phi) is 4.56. The van der Waals surface area contributed by atoms with Crippen molar-refractivity contribution >= 4 is 11.6 Å². The molecule has 1 atom stereocenters. The lowest BCUT2D eigenvalue weighted by molar-refractivity contribution is 0.175. The molecule has 19 heavy (non-hydrogen) atoms. The van der Waals surface area contributed by atoms with E-state index in [1.807, 2.05) is 11.6 Å². The molecule has 0 amide bonds. The van der Waals surface area contributed by atoms with Gasteiger partial charge in [-0.3, -0.25) is 4.68 Å². The van der Waals surface area contributed by atoms with Gasteiger partial charge in [-0.05, 0) is 31.0 Å². The second-order valence-corrected chi connectivity index (χ2v) is 4.82. The van der Waals surface area contributed by atoms with Gasteiger partial charge in [0.25, 0.3) is 0 Å². The van der Waals surface area contributed by atoms with Gasteiger partial charge in [0.15, 0.2) is 0 Å². The van der Waals surface area contributed by atoms with Crippen molar-refractivity contribution in [1.29, 1.82) is 0 Å². The van der Waals surface area contributed by atoms with E-state index in [1.165, 1.54) is 0 Å². The van der Waals surface area contributed by atoms with E-state index in [9.17, 15) is 5.11 Å². The lowest BCUT2D eigenvalue weighted by Crippen LogP contribution is -2.08. The van der Waals surface area contributed by atoms with Crippen LogP contribution < -0.4 is 0 Å². The fourth-order valence-electron chi connectivity index (χ4n) is 2.03. The number of aliphatic hydroxyl groups excluding tert-OH is 1. The van der Waals surface area contributed by atoms with Gasteiger partial charge in [0.05, 0.1) is 11.8 Å². The van der Waals surface area contributed by atoms with Crippen molar-refractivity contribution in [1.82, 2.24) is 14.8 Å². The number of rotatable bonds is 5. The molecule has 0 saturated heterocycles. The van der Waals surface area contributed by atoms with E-state index in [4.69, 9.17) is 11.6 Å². The van der Waals surface area contributed by atoms with Crippen molar-refractivity contribution in [3.8, 4) is 0 Å². The molecule has 0 spiro atoms. The minimum absolute atomic E-state index is 0.433. The number of aromatic nitrogens is 3. The van der Waals surface area contributed by atoms with Gasteiger partial charge in [-0.2, -0.15) is 5.10 Å². The number of hydrogen-bond donors (Lipinski definition) is 1. The summed E-state index contributed by atoms with van der Waals surface area (Å²) in [6.45, 7) is 4.93. The summed E-state index contributed by atoms with van der Waals surface area (Å²) in [5.74, 6) is 0. The van der Waals surface area contributed by atoms with Crippen LogP contribution in [0.2, 0.25) is 5.15 Å². The molecule has 0 aliphatic rings. The van der Waals surface area contributed by atoms with Crippen molar-refractivity contribution in [2.75, 3.05) is 0 Å². The third-order valence-corrected chi connectivity index (χ3v) is 3.34. The molecule has 0 aliphatic heterocycles. The Bertz CT molecular complexity index is 536. The molecule has 0 radical (unpaired) electrons. The SMILES string of the molecule is CCc1cc(CC(O)c2ccc(Cl)nc2)n(CC)n1. The molecule has 2 aromatic rings. The van der Waals surface area contributed by atoms with Crippen LogP contribution >= 0.6 is 11.6 Å². The van der Waals surface area contributed by atoms with E-state index in [0.29, 0.717) is 11.6 Å². The Morgan fingerprint density at radius 3 is 2.74 bits per heavy atom. The molecule has 1 unspecified atom stereocenters. The van der Waals surface area contributed by atoms with Crippen LogP contribution in [0.3, 0.4) is 0 Å². The molecule has 5 heteroatoms. The van der Waals surface area contributed by atoms with Gasteiger partial charge in [-0.1, -0.05) is 24.6 Å². The topological polar surface area (TPSA) is 50.9 Å². The first-order valence-electron chi connectivity index (χ1n) is 6.49. The highest BCUT2D eigenvalue weighted by atomic mass is 35.5. The van der Waals surface area contributed by atoms with E-state index < -0.39 is 6.10 Å². The van der Waals surface area contributed by atoms with Crippen molar-refractivity contribution in [2.45, 2.75) is 39.3 Å². The lowest BCUT2D eigenvalue weighted by atomic mass is 10.1. The van der Waals surface area contributed by atoms with Gasteiger partial charge < -0.3 is 5.11 Å². The maximum absolute atomic E-state index is 10.2. The molecular formula is C14H18ClN3O. The Balaban J connectivity index is 2.15. The summed E-state index contributed by atoms with van der Waals surface area (Å²) in [5.41, 5.74) is 2.87. The van der Waals surface area contributed by atoms with E-state index in [0.717, 1.165) is 29.9 Å². The molecule has 0 saturated carbocycles. The third kappa shape index (κ3) is 3.33. The van der Waals surface area contributed by atoms with Gasteiger partial charge in [0, 0.05) is 24.9 Å². The summed E-state index contributed by atoms with van der Waals surface area (Å²) in [4.78, 5) is 3.99. The van der Waals surface area contributed by atoms with Crippen molar-refractivity contribution in [3.05, 3.63) is 46.5 Å². The Labute approximate surface area is 118 Å². The predicted molar refractivity (Wildman–Crippen MR) is 75.2 cm³/mol. The van der Waals surface area contributed by atoms with Crippen molar-refractivity contribution in [2.24, 2.45) is 0 Å². The summed E-state index contributed by atoms with van der Waals surface area (Å²) in [5, 5.41) is 15.2. The molecule has 0 aliphatic carbocycles. The average Bonchev–Trinajstić information content (AvgIpc) is 2.81. The largest absolute Gasteiger partial charge is 0.388 e. The highest BCUT2D eigenvalue weighted by Crippen LogP contribution is 2.19. The van der Waals surface area contributed by atoms with Crippen LogP contribution in [0.25, 0.3) is 0 Å². The molecule has 1 N–H and O–H groups in total. The molecule has 102 valence electrons. The van der Waals surface area contributed by atoms with Gasteiger partial charge in [0.2, 0.25) is 0 Å². The van der Waals surface area contributed by atoms with Crippen LogP contribution in [0.4, 0.5) is 0 Å². The second-order valence-electron chi connectivity index (χ2n) is 4.43. The highest BCUT2D eigenvalue weighted by Gasteiger charge is 2.13. The zero-order valence-electron chi connectivity index (χ0n) is 11.2. The van der Waals surface area contributed by atoms with Crippen LogP contribution in [-0.4, -0.2) is 19.9 Å². The van der Waals surface area contributed by atoms with Crippen LogP contribution in [-0.2, 0) is 19.4 Å². The normalized spacial score (nSPS) is 12.6. The van der Waals surface area contributed by atoms with E-state index in [1.54, 1.807) is 18.3 Å². The Morgan fingerprint density at radius 1 is 1.37 bits per heavy atom. The molecule has 2 rings (SSSR count). The predicted octanol–water partition coefficient (Wildman–Crippen LogP) is 2.79. The van der Waals surface area contributed by atoms with Crippen molar-refractivity contribution in [3.63, 3.8) is 0 Å². The zero-order chi connectivity index (χ0) is 13.8. The number of aliphatic hydroxyl groups is 1. The van der Waals surface area contributed by atoms with Crippen LogP contribution in [0, 0.1) is 0 Å². The summed E-state index contributed by atoms with van der Waals surface area (Å²) in [7, 11) is 0. The maximum Gasteiger partial charge on any atom is 0.129 e. The number of pyridine rings is 1. The smallest absolute Gasteiger partial charge is 0.129 e. The quantitative estimate of drug-likeness (QED) is 0.856. The van der Waals surface area contributed by atoms with Gasteiger partial charge in [-0.25, -0.2) is 4.98 Å². The number of hydrogen-bond acceptors (Lipinski definition) is 3. The molecular weight excluding hydrogens is 262 g/mol. The second kappa shape index (κ2) is 6.17. The zero-order valence-corrected chi connectivity index (χ0v) is 11.9. The number of nitrogens with zero attached hydrogens (tertiary/aromatic N) is 3. The minimum atomic E-state index is -0.587. The molecule has 4 nitrogen and oxygen atoms in total. The molecule has 0 bridgehead atoms. The summed E-state index contributed by atoms with van der Waals surface area (Å²) in [6, 6.07) is 5.54. The number of aryl methyl sites for hydroxylation is 2. The molecule has 2 heterocycles. The average molecular weight is 280 g/mol. The first-order valence-corrected chi connectivity index (χ1v) is 6.87. The van der Waals surface area contributed by atoms with Crippen LogP contribution in [0.5, 0.6) is 0 Å². The van der Waals surface area contributed by atoms with Crippen LogP contribution in [0.15, 0.2) is 24.4 Å². The fourth-order valence-corrected chi connectivity index (χ4v) is 2.14. The first-order chi connectivity index (χ1) is 9.13. The molecule has 2 aromatic heterocycles. The summed E-state index contributed by atoms with van der Waals surface area (Å²) >= 11 is 5.74. The van der Waals surface area contributed by atoms with Crippen molar-refractivity contribution < 1.29 is 5.11 Å². The summed E-state index contributed by atoms with van der Waals surface area (Å²) in [6.07, 6.45) is 2.46. The van der Waals surface area contributed by atoms with E-state index in [2.05, 4.69) is 23.1 Å². The van der Waals surface area contributed by atoms with Crippen LogP contribution in [0.1, 0.15) is 36.9 Å². The monoisotopic (exact) mass is 279 g/mol. The van der Waals surface area contributed by atoms with Gasteiger partial charge in [-0.15, -0.1) is 0 Å². The molecule has 0 fully saturated rings. The standard InChI is InChI=1S/C14H18ClN3O/c1-3-11-7-12(18(4-2)17-11)8-13(19)10-5-6-14(15)16-9-10/h5-7,9,13,19H,3-4,8H2,1-2H3. The Morgan fingerprint density at radius 2 is 2.16 bits per heavy atom. The Hall–Kier alpha value is -1.39. The lowest BCUT2D eigenvalue weighted by Gasteiger charge is -2.11. The first kappa shape index (κ1) is 14.0. The third-order valence-electron chi connectivity index (χ3n) is 3.11. The van der Waals surface area contributed by atoms with E-state index >= 15 is 0 Å². The van der Waals surface area contributed by atoms with Gasteiger partial charge >= 0.3 is 0 Å². The fraction of sp³-hybridized carbons (Fsp3) is 0.429. The van der Waals surface area contributed by atoms with Gasteiger partial charge in [0.1, 0.15) is 5.15 Å². The summed E-state index contributed by atoms with van der Waals surface area (Å²) < 4.78 is 1.94. The highest BCUT2D eigenvalue weighted by molar-refractivity contribution is 6.29. The minimum Gasteiger partial charge on any atom is -0.388 e. The van der Waals surface area contributed by atoms with E-state index in [-0.39, 0.29) is 0 Å².